The molecule has 2 aromatic rings. The fraction of sp³-hybridized carbons (Fsp3) is 0.531. The van der Waals surface area contributed by atoms with Crippen molar-refractivity contribution in [2.24, 2.45) is 11.7 Å². The maximum Gasteiger partial charge on any atom is 0.326 e. The fourth-order valence-corrected chi connectivity index (χ4v) is 5.57. The number of aliphatic carboxylic acids is 2. The number of aliphatic hydroxyl groups excluding tert-OH is 1. The highest BCUT2D eigenvalue weighted by Gasteiger charge is 2.38. The molecule has 0 saturated carbocycles. The van der Waals surface area contributed by atoms with Crippen molar-refractivity contribution in [3.05, 3.63) is 36.0 Å². The van der Waals surface area contributed by atoms with Crippen LogP contribution in [0.15, 0.2) is 30.5 Å². The van der Waals surface area contributed by atoms with Gasteiger partial charge in [-0.25, -0.2) is 4.79 Å². The van der Waals surface area contributed by atoms with Gasteiger partial charge in [0.2, 0.25) is 29.5 Å². The molecule has 268 valence electrons. The molecule has 5 amide bonds. The monoisotopic (exact) mass is 687 g/mol. The summed E-state index contributed by atoms with van der Waals surface area (Å²) in [5, 5.41) is 39.1. The van der Waals surface area contributed by atoms with E-state index in [9.17, 15) is 48.9 Å². The number of nitrogens with one attached hydrogen (secondary N) is 5. The van der Waals surface area contributed by atoms with Crippen LogP contribution in [0.4, 0.5) is 0 Å². The lowest BCUT2D eigenvalue weighted by molar-refractivity contribution is -0.150. The lowest BCUT2D eigenvalue weighted by Gasteiger charge is -2.29. The van der Waals surface area contributed by atoms with E-state index in [1.165, 1.54) is 6.92 Å². The topological polar surface area (TPSA) is 273 Å². The van der Waals surface area contributed by atoms with Gasteiger partial charge in [-0.1, -0.05) is 32.0 Å². The summed E-state index contributed by atoms with van der Waals surface area (Å²) in [6.45, 7) is 3.88. The molecule has 0 spiro atoms. The summed E-state index contributed by atoms with van der Waals surface area (Å²) in [6, 6.07) is -0.0426. The summed E-state index contributed by atoms with van der Waals surface area (Å²) >= 11 is 0. The first kappa shape index (κ1) is 38.4. The number of aliphatic hydroxyl groups is 1. The third-order valence-corrected chi connectivity index (χ3v) is 8.35. The van der Waals surface area contributed by atoms with Crippen molar-refractivity contribution in [2.45, 2.75) is 89.1 Å². The van der Waals surface area contributed by atoms with Crippen molar-refractivity contribution in [2.75, 3.05) is 13.2 Å². The summed E-state index contributed by atoms with van der Waals surface area (Å²) < 4.78 is 0. The first-order chi connectivity index (χ1) is 23.1. The predicted octanol–water partition coefficient (Wildman–Crippen LogP) is -1.41. The zero-order valence-corrected chi connectivity index (χ0v) is 27.6. The van der Waals surface area contributed by atoms with Crippen molar-refractivity contribution >= 4 is 52.4 Å². The molecule has 10 N–H and O–H groups in total. The second-order valence-corrected chi connectivity index (χ2v) is 12.4. The summed E-state index contributed by atoms with van der Waals surface area (Å²) in [4.78, 5) is 92.4. The minimum absolute atomic E-state index is 0.126. The molecule has 0 radical (unpaired) electrons. The molecule has 17 heteroatoms. The Hall–Kier alpha value is -5.03. The molecular weight excluding hydrogens is 642 g/mol. The Labute approximate surface area is 282 Å². The van der Waals surface area contributed by atoms with E-state index in [2.05, 4.69) is 26.3 Å². The van der Waals surface area contributed by atoms with Gasteiger partial charge in [0.05, 0.1) is 12.6 Å². The van der Waals surface area contributed by atoms with E-state index in [-0.39, 0.29) is 25.8 Å². The molecule has 0 unspecified atom stereocenters. The molecule has 1 aliphatic heterocycles. The van der Waals surface area contributed by atoms with Crippen LogP contribution < -0.4 is 27.0 Å². The van der Waals surface area contributed by atoms with Crippen LogP contribution in [-0.4, -0.2) is 116 Å². The number of carboxylic acids is 2. The number of carbonyl (C=O) groups excluding carboxylic acids is 5. The molecule has 1 aliphatic rings. The molecule has 2 heterocycles. The van der Waals surface area contributed by atoms with Crippen molar-refractivity contribution < 1.29 is 48.9 Å². The van der Waals surface area contributed by atoms with Crippen molar-refractivity contribution in [3.8, 4) is 0 Å². The largest absolute Gasteiger partial charge is 0.481 e. The van der Waals surface area contributed by atoms with Crippen LogP contribution in [0.5, 0.6) is 0 Å². The smallest absolute Gasteiger partial charge is 0.326 e. The van der Waals surface area contributed by atoms with E-state index in [0.29, 0.717) is 6.42 Å². The van der Waals surface area contributed by atoms with Crippen molar-refractivity contribution in [1.82, 2.24) is 31.2 Å². The summed E-state index contributed by atoms with van der Waals surface area (Å²) in [5.41, 5.74) is 7.77. The van der Waals surface area contributed by atoms with E-state index >= 15 is 0 Å². The first-order valence-corrected chi connectivity index (χ1v) is 16.0. The number of hydrogen-bond acceptors (Lipinski definition) is 9. The number of amides is 5. The zero-order valence-electron chi connectivity index (χ0n) is 27.6. The molecule has 0 aliphatic carbocycles. The number of likely N-dealkylation sites (tertiary alicyclic amines) is 1. The van der Waals surface area contributed by atoms with E-state index in [1.807, 2.05) is 24.3 Å². The molecule has 1 saturated heterocycles. The van der Waals surface area contributed by atoms with Gasteiger partial charge in [-0.3, -0.25) is 28.8 Å². The number of rotatable bonds is 17. The molecule has 49 heavy (non-hydrogen) atoms. The van der Waals surface area contributed by atoms with Gasteiger partial charge in [0.15, 0.2) is 0 Å². The third-order valence-electron chi connectivity index (χ3n) is 8.35. The van der Waals surface area contributed by atoms with Gasteiger partial charge in [0.1, 0.15) is 30.2 Å². The van der Waals surface area contributed by atoms with Gasteiger partial charge in [0.25, 0.3) is 0 Å². The second kappa shape index (κ2) is 17.4. The Kier molecular flexibility index (Phi) is 13.6. The number of carboxylic acid groups (broad SMARTS) is 2. The standard InChI is InChI=1S/C32H45N7O10/c1-16(2)26(30(46)37-23(15-40)31(47)39-12-6-9-24(39)32(48)49)38-27(43)17(3)35-29(45)22(10-11-25(41)42)36-28(44)20(33)13-18-14-34-21-8-5-4-7-19(18)21/h4-5,7-8,14,16-17,20,22-24,26,34,40H,6,9-13,15,33H2,1-3H3,(H,35,45)(H,36,44)(H,37,46)(H,38,43)(H,41,42)(H,48,49)/t17-,20-,22-,23-,24-,26-/m0/s1. The summed E-state index contributed by atoms with van der Waals surface area (Å²) in [6.07, 6.45) is 1.76. The number of para-hydroxylation sites is 1. The number of aromatic amines is 1. The SMILES string of the molecule is CC(C)[C@H](NC(=O)[C@H](C)NC(=O)[C@H](CCC(=O)O)NC(=O)[C@@H](N)Cc1c[nH]c2ccccc12)C(=O)N[C@@H](CO)C(=O)N1CCC[C@H]1C(=O)O. The van der Waals surface area contributed by atoms with Crippen LogP contribution in [0.3, 0.4) is 0 Å². The average Bonchev–Trinajstić information content (AvgIpc) is 3.71. The number of fused-ring (bicyclic) bond motifs is 1. The Morgan fingerprint density at radius 3 is 2.22 bits per heavy atom. The lowest BCUT2D eigenvalue weighted by atomic mass is 10.0. The molecule has 17 nitrogen and oxygen atoms in total. The molecule has 1 fully saturated rings. The van der Waals surface area contributed by atoms with Crippen LogP contribution in [-0.2, 0) is 40.0 Å². The Balaban J connectivity index is 1.62. The van der Waals surface area contributed by atoms with E-state index in [4.69, 9.17) is 5.73 Å². The zero-order chi connectivity index (χ0) is 36.4. The molecule has 3 rings (SSSR count). The van der Waals surface area contributed by atoms with E-state index < -0.39 is 96.7 Å². The maximum absolute atomic E-state index is 13.2. The van der Waals surface area contributed by atoms with Gasteiger partial charge < -0.3 is 52.2 Å². The summed E-state index contributed by atoms with van der Waals surface area (Å²) in [7, 11) is 0. The normalized spacial score (nSPS) is 17.4. The van der Waals surface area contributed by atoms with Crippen molar-refractivity contribution in [1.29, 1.82) is 0 Å². The molecule has 1 aromatic carbocycles. The van der Waals surface area contributed by atoms with Crippen LogP contribution in [0.2, 0.25) is 0 Å². The molecule has 6 atom stereocenters. The molecule has 1 aromatic heterocycles. The molecule has 0 bridgehead atoms. The number of benzene rings is 1. The number of aromatic nitrogens is 1. The highest BCUT2D eigenvalue weighted by molar-refractivity contribution is 5.96. The third kappa shape index (κ3) is 10.2. The van der Waals surface area contributed by atoms with Crippen LogP contribution in [0.1, 0.15) is 52.0 Å². The predicted molar refractivity (Wildman–Crippen MR) is 175 cm³/mol. The van der Waals surface area contributed by atoms with Gasteiger partial charge in [-0.15, -0.1) is 0 Å². The highest BCUT2D eigenvalue weighted by Crippen LogP contribution is 2.20. The van der Waals surface area contributed by atoms with Crippen LogP contribution in [0, 0.1) is 5.92 Å². The quantitative estimate of drug-likeness (QED) is 0.0931. The van der Waals surface area contributed by atoms with Crippen LogP contribution >= 0.6 is 0 Å². The number of nitrogens with two attached hydrogens (primary N) is 1. The van der Waals surface area contributed by atoms with E-state index in [0.717, 1.165) is 21.4 Å². The summed E-state index contributed by atoms with van der Waals surface area (Å²) in [5.74, 6) is -6.90. The number of carbonyl (C=O) groups is 7. The minimum Gasteiger partial charge on any atom is -0.481 e. The lowest BCUT2D eigenvalue weighted by Crippen LogP contribution is -2.60. The number of hydrogen-bond donors (Lipinski definition) is 9. The maximum atomic E-state index is 13.2. The van der Waals surface area contributed by atoms with Gasteiger partial charge in [-0.2, -0.15) is 0 Å². The highest BCUT2D eigenvalue weighted by atomic mass is 16.4. The van der Waals surface area contributed by atoms with Gasteiger partial charge >= 0.3 is 11.9 Å². The van der Waals surface area contributed by atoms with Gasteiger partial charge in [-0.05, 0) is 50.2 Å². The Morgan fingerprint density at radius 1 is 0.918 bits per heavy atom. The van der Waals surface area contributed by atoms with Crippen molar-refractivity contribution in [3.63, 3.8) is 0 Å². The Morgan fingerprint density at radius 2 is 1.59 bits per heavy atom. The van der Waals surface area contributed by atoms with Gasteiger partial charge in [0, 0.05) is 30.1 Å². The second-order valence-electron chi connectivity index (χ2n) is 12.4. The number of H-pyrrole nitrogens is 1. The average molecular weight is 688 g/mol. The minimum atomic E-state index is -1.45. The number of nitrogens with zero attached hydrogens (tertiary/aromatic N) is 1. The fourth-order valence-electron chi connectivity index (χ4n) is 5.57. The molecular formula is C32H45N7O10. The Bertz CT molecular complexity index is 1540. The first-order valence-electron chi connectivity index (χ1n) is 16.0. The van der Waals surface area contributed by atoms with Crippen LogP contribution in [0.25, 0.3) is 10.9 Å². The van der Waals surface area contributed by atoms with E-state index in [1.54, 1.807) is 20.0 Å².